The topological polar surface area (TPSA) is 51.3 Å². The second kappa shape index (κ2) is 4.23. The van der Waals surface area contributed by atoms with Gasteiger partial charge in [0.2, 0.25) is 0 Å². The quantitative estimate of drug-likeness (QED) is 0.477. The zero-order valence-corrected chi connectivity index (χ0v) is 9.16. The van der Waals surface area contributed by atoms with Crippen molar-refractivity contribution in [3.63, 3.8) is 0 Å². The monoisotopic (exact) mass is 217 g/mol. The van der Waals surface area contributed by atoms with Crippen LogP contribution in [0.2, 0.25) is 0 Å². The molecule has 1 aromatic carbocycles. The third-order valence-electron chi connectivity index (χ3n) is 2.16. The van der Waals surface area contributed by atoms with Crippen molar-refractivity contribution < 1.29 is 0 Å². The lowest BCUT2D eigenvalue weighted by Crippen LogP contribution is -1.93. The lowest BCUT2D eigenvalue weighted by atomic mass is 10.0. The fourth-order valence-electron chi connectivity index (χ4n) is 1.52. The summed E-state index contributed by atoms with van der Waals surface area (Å²) >= 11 is 1.62. The van der Waals surface area contributed by atoms with Gasteiger partial charge in [0.25, 0.3) is 0 Å². The Morgan fingerprint density at radius 1 is 1.47 bits per heavy atom. The largest absolute Gasteiger partial charge is 0.323 e. The van der Waals surface area contributed by atoms with Crippen molar-refractivity contribution >= 4 is 17.6 Å². The summed E-state index contributed by atoms with van der Waals surface area (Å²) < 4.78 is 0. The Bertz CT molecular complexity index is 475. The van der Waals surface area contributed by atoms with Crippen LogP contribution in [0, 0.1) is 6.92 Å². The van der Waals surface area contributed by atoms with Crippen LogP contribution >= 0.6 is 11.3 Å². The van der Waals surface area contributed by atoms with Crippen LogP contribution in [0.4, 0.5) is 0 Å². The Morgan fingerprint density at radius 3 is 3.00 bits per heavy atom. The summed E-state index contributed by atoms with van der Waals surface area (Å²) in [5, 5.41) is 6.54. The number of hydrogen-bond donors (Lipinski definition) is 1. The van der Waals surface area contributed by atoms with E-state index in [1.165, 1.54) is 5.56 Å². The molecule has 0 aliphatic heterocycles. The fourth-order valence-corrected chi connectivity index (χ4v) is 2.29. The second-order valence-electron chi connectivity index (χ2n) is 3.15. The molecule has 2 N–H and O–H groups in total. The van der Waals surface area contributed by atoms with Crippen molar-refractivity contribution in [3.05, 3.63) is 40.9 Å². The van der Waals surface area contributed by atoms with Crippen molar-refractivity contribution in [1.82, 2.24) is 4.98 Å². The van der Waals surface area contributed by atoms with E-state index in [0.29, 0.717) is 0 Å². The van der Waals surface area contributed by atoms with Crippen LogP contribution in [-0.4, -0.2) is 11.2 Å². The molecule has 2 aromatic rings. The maximum atomic E-state index is 5.19. The van der Waals surface area contributed by atoms with E-state index in [9.17, 15) is 0 Å². The summed E-state index contributed by atoms with van der Waals surface area (Å²) in [4.78, 5) is 4.31. The van der Waals surface area contributed by atoms with E-state index in [1.807, 2.05) is 17.5 Å². The molecule has 0 atom stereocenters. The Balaban J connectivity index is 2.63. The Labute approximate surface area is 92.3 Å². The molecular weight excluding hydrogens is 206 g/mol. The van der Waals surface area contributed by atoms with Gasteiger partial charge < -0.3 is 5.84 Å². The summed E-state index contributed by atoms with van der Waals surface area (Å²) in [6.45, 7) is 2.06. The zero-order valence-electron chi connectivity index (χ0n) is 8.34. The van der Waals surface area contributed by atoms with Gasteiger partial charge in [0.05, 0.1) is 6.21 Å². The fraction of sp³-hybridized carbons (Fsp3) is 0.0909. The van der Waals surface area contributed by atoms with Crippen molar-refractivity contribution in [2.45, 2.75) is 6.92 Å². The van der Waals surface area contributed by atoms with E-state index in [1.54, 1.807) is 23.7 Å². The first kappa shape index (κ1) is 9.86. The van der Waals surface area contributed by atoms with E-state index in [0.717, 1.165) is 16.1 Å². The van der Waals surface area contributed by atoms with Crippen LogP contribution in [-0.2, 0) is 0 Å². The smallest absolute Gasteiger partial charge is 0.124 e. The molecule has 3 nitrogen and oxygen atoms in total. The molecule has 0 amide bonds. The molecular formula is C11H11N3S. The minimum atomic E-state index is 1.00. The van der Waals surface area contributed by atoms with E-state index in [4.69, 9.17) is 5.84 Å². The van der Waals surface area contributed by atoms with Crippen molar-refractivity contribution in [3.8, 4) is 10.6 Å². The van der Waals surface area contributed by atoms with Gasteiger partial charge in [-0.25, -0.2) is 4.98 Å². The number of hydrazone groups is 1. The predicted molar refractivity (Wildman–Crippen MR) is 64.1 cm³/mol. The van der Waals surface area contributed by atoms with Crippen molar-refractivity contribution in [2.24, 2.45) is 10.9 Å². The second-order valence-corrected chi connectivity index (χ2v) is 4.05. The minimum absolute atomic E-state index is 1.00. The first-order valence-electron chi connectivity index (χ1n) is 4.55. The van der Waals surface area contributed by atoms with Crippen molar-refractivity contribution in [1.29, 1.82) is 0 Å². The number of thiazole rings is 1. The lowest BCUT2D eigenvalue weighted by Gasteiger charge is -2.05. The summed E-state index contributed by atoms with van der Waals surface area (Å²) in [7, 11) is 0. The van der Waals surface area contributed by atoms with Gasteiger partial charge in [-0.15, -0.1) is 11.3 Å². The number of nitrogens with two attached hydrogens (primary N) is 1. The van der Waals surface area contributed by atoms with Gasteiger partial charge in [-0.1, -0.05) is 18.2 Å². The minimum Gasteiger partial charge on any atom is -0.323 e. The number of rotatable bonds is 2. The molecule has 0 saturated carbocycles. The molecule has 1 heterocycles. The highest BCUT2D eigenvalue weighted by Gasteiger charge is 2.08. The first-order chi connectivity index (χ1) is 7.33. The highest BCUT2D eigenvalue weighted by atomic mass is 32.1. The van der Waals surface area contributed by atoms with Gasteiger partial charge in [-0.2, -0.15) is 5.10 Å². The van der Waals surface area contributed by atoms with Crippen LogP contribution in [0.25, 0.3) is 10.6 Å². The molecule has 2 rings (SSSR count). The molecule has 4 heteroatoms. The molecule has 1 aromatic heterocycles. The highest BCUT2D eigenvalue weighted by molar-refractivity contribution is 7.13. The Morgan fingerprint density at radius 2 is 2.33 bits per heavy atom. The lowest BCUT2D eigenvalue weighted by molar-refractivity contribution is 1.26. The number of benzene rings is 1. The van der Waals surface area contributed by atoms with Gasteiger partial charge in [-0.3, -0.25) is 0 Å². The molecule has 0 bridgehead atoms. The average molecular weight is 217 g/mol. The number of hydrogen-bond acceptors (Lipinski definition) is 4. The average Bonchev–Trinajstić information content (AvgIpc) is 2.71. The summed E-state index contributed by atoms with van der Waals surface area (Å²) in [6.07, 6.45) is 3.46. The molecule has 0 aliphatic carbocycles. The molecule has 76 valence electrons. The van der Waals surface area contributed by atoms with Gasteiger partial charge in [0.1, 0.15) is 5.01 Å². The third-order valence-corrected chi connectivity index (χ3v) is 2.96. The molecule has 15 heavy (non-hydrogen) atoms. The van der Waals surface area contributed by atoms with E-state index >= 15 is 0 Å². The van der Waals surface area contributed by atoms with Crippen LogP contribution in [0.1, 0.15) is 11.1 Å². The van der Waals surface area contributed by atoms with Crippen LogP contribution in [0.15, 0.2) is 34.9 Å². The molecule has 0 radical (unpaired) electrons. The van der Waals surface area contributed by atoms with Gasteiger partial charge in [-0.05, 0) is 12.5 Å². The summed E-state index contributed by atoms with van der Waals surface area (Å²) in [5.74, 6) is 5.19. The molecule has 0 unspecified atom stereocenters. The first-order valence-corrected chi connectivity index (χ1v) is 5.43. The van der Waals surface area contributed by atoms with Crippen molar-refractivity contribution in [2.75, 3.05) is 0 Å². The summed E-state index contributed by atoms with van der Waals surface area (Å²) in [6, 6.07) is 6.04. The predicted octanol–water partition coefficient (Wildman–Crippen LogP) is 2.41. The van der Waals surface area contributed by atoms with E-state index < -0.39 is 0 Å². The summed E-state index contributed by atoms with van der Waals surface area (Å²) in [5.41, 5.74) is 3.30. The van der Waals surface area contributed by atoms with Gasteiger partial charge in [0, 0.05) is 22.7 Å². The Kier molecular flexibility index (Phi) is 2.78. The van der Waals surface area contributed by atoms with E-state index in [-0.39, 0.29) is 0 Å². The molecule has 0 spiro atoms. The standard InChI is InChI=1S/C11H11N3S/c1-8-3-2-4-9(7-14-12)10(8)11-13-5-6-15-11/h2-7H,12H2,1H3/b14-7+. The van der Waals surface area contributed by atoms with Crippen LogP contribution in [0.3, 0.4) is 0 Å². The number of nitrogens with zero attached hydrogens (tertiary/aromatic N) is 2. The molecule has 0 fully saturated rings. The van der Waals surface area contributed by atoms with E-state index in [2.05, 4.69) is 23.1 Å². The number of aryl methyl sites for hydroxylation is 1. The zero-order chi connectivity index (χ0) is 10.7. The maximum absolute atomic E-state index is 5.19. The normalized spacial score (nSPS) is 11.0. The molecule has 0 saturated heterocycles. The SMILES string of the molecule is Cc1cccc(/C=N/N)c1-c1nccs1. The van der Waals surface area contributed by atoms with Crippen LogP contribution < -0.4 is 5.84 Å². The molecule has 0 aliphatic rings. The van der Waals surface area contributed by atoms with Gasteiger partial charge in [0.15, 0.2) is 0 Å². The van der Waals surface area contributed by atoms with Gasteiger partial charge >= 0.3 is 0 Å². The van der Waals surface area contributed by atoms with Crippen LogP contribution in [0.5, 0.6) is 0 Å². The maximum Gasteiger partial charge on any atom is 0.124 e. The number of aromatic nitrogens is 1. The third kappa shape index (κ3) is 1.89. The Hall–Kier alpha value is -1.68. The highest BCUT2D eigenvalue weighted by Crippen LogP contribution is 2.27.